The van der Waals surface area contributed by atoms with E-state index >= 15 is 0 Å². The smallest absolute Gasteiger partial charge is 0.265 e. The van der Waals surface area contributed by atoms with Gasteiger partial charge in [0.05, 0.1) is 5.75 Å². The molecule has 0 aliphatic heterocycles. The van der Waals surface area contributed by atoms with Gasteiger partial charge < -0.3 is 5.32 Å². The van der Waals surface area contributed by atoms with Crippen molar-refractivity contribution in [1.29, 1.82) is 0 Å². The van der Waals surface area contributed by atoms with E-state index in [2.05, 4.69) is 19.2 Å². The number of hydrogen-bond donors (Lipinski definition) is 2. The molecule has 0 aliphatic carbocycles. The van der Waals surface area contributed by atoms with E-state index in [-0.39, 0.29) is 11.7 Å². The Hall–Kier alpha value is -0.130. The highest BCUT2D eigenvalue weighted by Gasteiger charge is 2.16. The molecule has 0 aliphatic rings. The van der Waals surface area contributed by atoms with Gasteiger partial charge in [-0.3, -0.25) is 4.55 Å². The molecule has 0 amide bonds. The molecule has 0 saturated carbocycles. The van der Waals surface area contributed by atoms with Gasteiger partial charge in [-0.2, -0.15) is 8.42 Å². The zero-order valence-electron chi connectivity index (χ0n) is 16.8. The van der Waals surface area contributed by atoms with E-state index in [9.17, 15) is 8.42 Å². The molecule has 0 aromatic rings. The molecule has 0 bridgehead atoms. The minimum atomic E-state index is -3.87. The van der Waals surface area contributed by atoms with E-state index in [1.165, 1.54) is 64.2 Å². The van der Waals surface area contributed by atoms with Crippen molar-refractivity contribution < 1.29 is 13.0 Å². The highest BCUT2D eigenvalue weighted by Crippen LogP contribution is 2.15. The van der Waals surface area contributed by atoms with Gasteiger partial charge in [0, 0.05) is 0 Å². The summed E-state index contributed by atoms with van der Waals surface area (Å²) in [4.78, 5) is 0. The maximum Gasteiger partial charge on any atom is 0.265 e. The highest BCUT2D eigenvalue weighted by molar-refractivity contribution is 7.85. The van der Waals surface area contributed by atoms with E-state index in [1.54, 1.807) is 0 Å². The van der Waals surface area contributed by atoms with Gasteiger partial charge in [0.1, 0.15) is 0 Å². The molecule has 0 rings (SSSR count). The van der Waals surface area contributed by atoms with E-state index < -0.39 is 10.1 Å². The van der Waals surface area contributed by atoms with Crippen LogP contribution in [0.1, 0.15) is 104 Å². The first-order valence-corrected chi connectivity index (χ1v) is 12.3. The monoisotopic (exact) mass is 377 g/mol. The van der Waals surface area contributed by atoms with Crippen molar-refractivity contribution in [3.63, 3.8) is 0 Å². The fourth-order valence-corrected chi connectivity index (χ4v) is 4.13. The number of nitrogens with one attached hydrogen (secondary N) is 1. The normalized spacial score (nSPS) is 13.2. The molecule has 0 saturated heterocycles. The predicted molar refractivity (Wildman–Crippen MR) is 109 cm³/mol. The standard InChI is InChI=1S/C20H43NO3S/c1-3-5-7-8-9-10-11-12-13-14-15-16-20(19-25(22,23)24)18-21-17-6-4-2/h20-21H,3-19H2,1-2H3,(H,22,23,24)/t20-/m1/s1. The van der Waals surface area contributed by atoms with Gasteiger partial charge in [-0.25, -0.2) is 0 Å². The van der Waals surface area contributed by atoms with Crippen molar-refractivity contribution in [2.75, 3.05) is 18.8 Å². The van der Waals surface area contributed by atoms with Gasteiger partial charge in [0.25, 0.3) is 10.1 Å². The van der Waals surface area contributed by atoms with Crippen LogP contribution >= 0.6 is 0 Å². The van der Waals surface area contributed by atoms with Gasteiger partial charge in [0.2, 0.25) is 0 Å². The average Bonchev–Trinajstić information content (AvgIpc) is 2.55. The first kappa shape index (κ1) is 24.9. The first-order valence-electron chi connectivity index (χ1n) is 10.7. The maximum absolute atomic E-state index is 11.2. The summed E-state index contributed by atoms with van der Waals surface area (Å²) in [6, 6.07) is 0. The Morgan fingerprint density at radius 1 is 0.760 bits per heavy atom. The lowest BCUT2D eigenvalue weighted by atomic mass is 10.0. The molecule has 0 fully saturated rings. The van der Waals surface area contributed by atoms with Crippen LogP contribution in [0.2, 0.25) is 0 Å². The summed E-state index contributed by atoms with van der Waals surface area (Å²) >= 11 is 0. The molecule has 0 aromatic heterocycles. The largest absolute Gasteiger partial charge is 0.316 e. The second-order valence-electron chi connectivity index (χ2n) is 7.50. The topological polar surface area (TPSA) is 66.4 Å². The summed E-state index contributed by atoms with van der Waals surface area (Å²) < 4.78 is 31.4. The van der Waals surface area contributed by atoms with E-state index in [0.29, 0.717) is 6.54 Å². The van der Waals surface area contributed by atoms with Gasteiger partial charge in [-0.15, -0.1) is 0 Å². The fourth-order valence-electron chi connectivity index (χ4n) is 3.25. The van der Waals surface area contributed by atoms with Crippen molar-refractivity contribution in [1.82, 2.24) is 5.32 Å². The molecular weight excluding hydrogens is 334 g/mol. The number of rotatable bonds is 19. The Morgan fingerprint density at radius 3 is 1.72 bits per heavy atom. The summed E-state index contributed by atoms with van der Waals surface area (Å²) in [6.45, 7) is 6.01. The zero-order valence-corrected chi connectivity index (χ0v) is 17.6. The van der Waals surface area contributed by atoms with Crippen LogP contribution in [0.3, 0.4) is 0 Å². The van der Waals surface area contributed by atoms with E-state index in [1.807, 2.05) is 0 Å². The molecule has 0 aromatic carbocycles. The van der Waals surface area contributed by atoms with Crippen molar-refractivity contribution in [3.05, 3.63) is 0 Å². The van der Waals surface area contributed by atoms with Crippen LogP contribution in [0.15, 0.2) is 0 Å². The lowest BCUT2D eigenvalue weighted by Gasteiger charge is -2.16. The van der Waals surface area contributed by atoms with Crippen LogP contribution in [-0.4, -0.2) is 31.8 Å². The Bertz CT molecular complexity index is 371. The van der Waals surface area contributed by atoms with Crippen LogP contribution < -0.4 is 5.32 Å². The number of hydrogen-bond acceptors (Lipinski definition) is 3. The Balaban J connectivity index is 3.65. The van der Waals surface area contributed by atoms with Crippen molar-refractivity contribution in [2.45, 2.75) is 104 Å². The molecule has 0 radical (unpaired) electrons. The van der Waals surface area contributed by atoms with Crippen LogP contribution in [0.4, 0.5) is 0 Å². The molecule has 25 heavy (non-hydrogen) atoms. The van der Waals surface area contributed by atoms with Crippen LogP contribution in [0.5, 0.6) is 0 Å². The number of unbranched alkanes of at least 4 members (excludes halogenated alkanes) is 11. The van der Waals surface area contributed by atoms with Gasteiger partial charge >= 0.3 is 0 Å². The van der Waals surface area contributed by atoms with Crippen molar-refractivity contribution in [3.8, 4) is 0 Å². The Morgan fingerprint density at radius 2 is 1.24 bits per heavy atom. The second kappa shape index (κ2) is 17.3. The molecular formula is C20H43NO3S. The van der Waals surface area contributed by atoms with Gasteiger partial charge in [-0.1, -0.05) is 90.9 Å². The zero-order chi connectivity index (χ0) is 18.8. The minimum absolute atomic E-state index is 0.0328. The Labute approximate surface area is 157 Å². The SMILES string of the molecule is CCCCCCCCCCCCC[C@H](CNCCCC)CS(=O)(=O)O. The molecule has 2 N–H and O–H groups in total. The fraction of sp³-hybridized carbons (Fsp3) is 1.00. The third-order valence-electron chi connectivity index (χ3n) is 4.80. The summed E-state index contributed by atoms with van der Waals surface area (Å²) in [5.74, 6) is -0.0745. The molecule has 4 nitrogen and oxygen atoms in total. The quantitative estimate of drug-likeness (QED) is 0.228. The summed E-state index contributed by atoms with van der Waals surface area (Å²) in [5, 5.41) is 3.32. The van der Waals surface area contributed by atoms with Gasteiger partial charge in [-0.05, 0) is 31.8 Å². The third kappa shape index (κ3) is 20.0. The van der Waals surface area contributed by atoms with Crippen LogP contribution in [-0.2, 0) is 10.1 Å². The molecule has 1 atom stereocenters. The molecule has 0 spiro atoms. The van der Waals surface area contributed by atoms with Crippen molar-refractivity contribution >= 4 is 10.1 Å². The summed E-state index contributed by atoms with van der Waals surface area (Å²) in [7, 11) is -3.87. The summed E-state index contributed by atoms with van der Waals surface area (Å²) in [6.07, 6.45) is 17.4. The van der Waals surface area contributed by atoms with Crippen molar-refractivity contribution in [2.24, 2.45) is 5.92 Å². The minimum Gasteiger partial charge on any atom is -0.316 e. The van der Waals surface area contributed by atoms with E-state index in [0.717, 1.165) is 32.2 Å². The lowest BCUT2D eigenvalue weighted by molar-refractivity contribution is 0.422. The van der Waals surface area contributed by atoms with Crippen LogP contribution in [0, 0.1) is 5.92 Å². The molecule has 152 valence electrons. The predicted octanol–water partition coefficient (Wildman–Crippen LogP) is 5.58. The Kier molecular flexibility index (Phi) is 17.2. The second-order valence-corrected chi connectivity index (χ2v) is 8.99. The lowest BCUT2D eigenvalue weighted by Crippen LogP contribution is -2.28. The van der Waals surface area contributed by atoms with Crippen LogP contribution in [0.25, 0.3) is 0 Å². The highest BCUT2D eigenvalue weighted by atomic mass is 32.2. The molecule has 0 heterocycles. The third-order valence-corrected chi connectivity index (χ3v) is 5.70. The summed E-state index contributed by atoms with van der Waals surface area (Å²) in [5.41, 5.74) is 0. The first-order chi connectivity index (χ1) is 12.0. The van der Waals surface area contributed by atoms with Gasteiger partial charge in [0.15, 0.2) is 0 Å². The van der Waals surface area contributed by atoms with E-state index in [4.69, 9.17) is 4.55 Å². The average molecular weight is 378 g/mol. The molecule has 0 unspecified atom stereocenters. The molecule has 5 heteroatoms. The maximum atomic E-state index is 11.2.